The number of rotatable bonds is 0. The largest absolute Gasteiger partial charge is 0.397 e. The molecular weight excluding hydrogens is 220 g/mol. The van der Waals surface area contributed by atoms with Gasteiger partial charge in [0.25, 0.3) is 0 Å². The van der Waals surface area contributed by atoms with Crippen LogP contribution in [-0.2, 0) is 0 Å². The highest BCUT2D eigenvalue weighted by molar-refractivity contribution is 6.31. The zero-order valence-electron chi connectivity index (χ0n) is 8.44. The molecule has 2 aromatic carbocycles. The van der Waals surface area contributed by atoms with Crippen LogP contribution in [0.2, 0.25) is 5.02 Å². The average molecular weight is 229 g/mol. The van der Waals surface area contributed by atoms with E-state index in [-0.39, 0.29) is 0 Å². The Kier molecular flexibility index (Phi) is 1.98. The molecule has 78 valence electrons. The Hall–Kier alpha value is -1.80. The number of hydrogen-bond acceptors (Lipinski definition) is 2. The summed E-state index contributed by atoms with van der Waals surface area (Å²) in [5, 5.41) is 3.96. The van der Waals surface area contributed by atoms with Crippen LogP contribution in [0.25, 0.3) is 21.7 Å². The SMILES string of the molecule is Nc1cc2cc(Cl)ccc2c2cccnc12. The minimum absolute atomic E-state index is 0.686. The van der Waals surface area contributed by atoms with Gasteiger partial charge in [-0.2, -0.15) is 0 Å². The maximum atomic E-state index is 5.97. The minimum atomic E-state index is 0.686. The molecule has 3 rings (SSSR count). The van der Waals surface area contributed by atoms with E-state index in [4.69, 9.17) is 17.3 Å². The second kappa shape index (κ2) is 3.35. The van der Waals surface area contributed by atoms with Crippen LogP contribution in [-0.4, -0.2) is 4.98 Å². The Morgan fingerprint density at radius 1 is 1.06 bits per heavy atom. The summed E-state index contributed by atoms with van der Waals surface area (Å²) in [6.07, 6.45) is 1.75. The molecule has 0 fully saturated rings. The third-order valence-corrected chi connectivity index (χ3v) is 2.93. The summed E-state index contributed by atoms with van der Waals surface area (Å²) >= 11 is 5.97. The number of fused-ring (bicyclic) bond motifs is 3. The summed E-state index contributed by atoms with van der Waals surface area (Å²) in [6, 6.07) is 11.6. The summed E-state index contributed by atoms with van der Waals surface area (Å²) < 4.78 is 0. The fourth-order valence-electron chi connectivity index (χ4n) is 1.99. The Morgan fingerprint density at radius 2 is 1.94 bits per heavy atom. The first kappa shape index (κ1) is 9.43. The van der Waals surface area contributed by atoms with Crippen LogP contribution >= 0.6 is 11.6 Å². The van der Waals surface area contributed by atoms with Crippen molar-refractivity contribution < 1.29 is 0 Å². The van der Waals surface area contributed by atoms with Crippen molar-refractivity contribution in [3.63, 3.8) is 0 Å². The molecule has 0 amide bonds. The molecule has 0 unspecified atom stereocenters. The van der Waals surface area contributed by atoms with Crippen molar-refractivity contribution in [2.24, 2.45) is 0 Å². The van der Waals surface area contributed by atoms with Gasteiger partial charge in [-0.1, -0.05) is 23.7 Å². The lowest BCUT2D eigenvalue weighted by atomic mass is 10.0. The quantitative estimate of drug-likeness (QED) is 0.472. The zero-order chi connectivity index (χ0) is 11.1. The van der Waals surface area contributed by atoms with E-state index in [9.17, 15) is 0 Å². The topological polar surface area (TPSA) is 38.9 Å². The van der Waals surface area contributed by atoms with Crippen LogP contribution in [0, 0.1) is 0 Å². The Morgan fingerprint density at radius 3 is 2.81 bits per heavy atom. The van der Waals surface area contributed by atoms with Crippen LogP contribution in [0.5, 0.6) is 0 Å². The molecule has 0 saturated carbocycles. The fourth-order valence-corrected chi connectivity index (χ4v) is 2.17. The second-order valence-electron chi connectivity index (χ2n) is 3.73. The van der Waals surface area contributed by atoms with E-state index in [1.54, 1.807) is 6.20 Å². The number of aromatic nitrogens is 1. The normalized spacial score (nSPS) is 11.1. The molecule has 1 heterocycles. The molecule has 16 heavy (non-hydrogen) atoms. The van der Waals surface area contributed by atoms with E-state index >= 15 is 0 Å². The zero-order valence-corrected chi connectivity index (χ0v) is 9.20. The van der Waals surface area contributed by atoms with Crippen LogP contribution in [0.1, 0.15) is 0 Å². The van der Waals surface area contributed by atoms with Crippen LogP contribution in [0.4, 0.5) is 5.69 Å². The number of nitrogens with two attached hydrogens (primary N) is 1. The monoisotopic (exact) mass is 228 g/mol. The van der Waals surface area contributed by atoms with Crippen LogP contribution < -0.4 is 5.73 Å². The first-order chi connectivity index (χ1) is 7.75. The van der Waals surface area contributed by atoms with Gasteiger partial charge < -0.3 is 5.73 Å². The number of pyridine rings is 1. The molecule has 3 aromatic rings. The van der Waals surface area contributed by atoms with E-state index in [0.717, 1.165) is 26.7 Å². The van der Waals surface area contributed by atoms with Gasteiger partial charge >= 0.3 is 0 Å². The highest BCUT2D eigenvalue weighted by Crippen LogP contribution is 2.30. The predicted octanol–water partition coefficient (Wildman–Crippen LogP) is 3.62. The molecule has 0 radical (unpaired) electrons. The van der Waals surface area contributed by atoms with Gasteiger partial charge in [-0.25, -0.2) is 0 Å². The molecular formula is C13H9ClN2. The Balaban J connectivity index is 2.59. The van der Waals surface area contributed by atoms with Gasteiger partial charge in [-0.15, -0.1) is 0 Å². The molecule has 0 aliphatic rings. The fraction of sp³-hybridized carbons (Fsp3) is 0. The lowest BCUT2D eigenvalue weighted by Gasteiger charge is -2.06. The van der Waals surface area contributed by atoms with E-state index < -0.39 is 0 Å². The summed E-state index contributed by atoms with van der Waals surface area (Å²) in [4.78, 5) is 4.30. The molecule has 2 nitrogen and oxygen atoms in total. The molecule has 2 N–H and O–H groups in total. The predicted molar refractivity (Wildman–Crippen MR) is 68.7 cm³/mol. The number of nitrogens with zero attached hydrogens (tertiary/aromatic N) is 1. The standard InChI is InChI=1S/C13H9ClN2/c14-9-3-4-10-8(6-9)7-12(15)13-11(10)2-1-5-16-13/h1-7H,15H2. The number of benzene rings is 2. The van der Waals surface area contributed by atoms with Gasteiger partial charge in [0, 0.05) is 16.6 Å². The number of hydrogen-bond donors (Lipinski definition) is 1. The van der Waals surface area contributed by atoms with Crippen molar-refractivity contribution in [1.29, 1.82) is 0 Å². The van der Waals surface area contributed by atoms with Crippen molar-refractivity contribution in [2.75, 3.05) is 5.73 Å². The second-order valence-corrected chi connectivity index (χ2v) is 4.17. The number of anilines is 1. The van der Waals surface area contributed by atoms with E-state index in [2.05, 4.69) is 4.98 Å². The van der Waals surface area contributed by atoms with Crippen molar-refractivity contribution in [2.45, 2.75) is 0 Å². The molecule has 3 heteroatoms. The molecule has 1 aromatic heterocycles. The van der Waals surface area contributed by atoms with Gasteiger partial charge in [0.15, 0.2) is 0 Å². The van der Waals surface area contributed by atoms with Crippen molar-refractivity contribution in [3.8, 4) is 0 Å². The average Bonchev–Trinajstić information content (AvgIpc) is 2.29. The molecule has 0 aliphatic heterocycles. The van der Waals surface area contributed by atoms with E-state index in [0.29, 0.717) is 5.69 Å². The molecule has 0 aliphatic carbocycles. The third-order valence-electron chi connectivity index (χ3n) is 2.70. The van der Waals surface area contributed by atoms with E-state index in [1.807, 2.05) is 36.4 Å². The minimum Gasteiger partial charge on any atom is -0.397 e. The maximum Gasteiger partial charge on any atom is 0.0937 e. The smallest absolute Gasteiger partial charge is 0.0937 e. The molecule has 0 spiro atoms. The lowest BCUT2D eigenvalue weighted by molar-refractivity contribution is 1.42. The summed E-state index contributed by atoms with van der Waals surface area (Å²) in [5.41, 5.74) is 7.50. The lowest BCUT2D eigenvalue weighted by Crippen LogP contribution is -1.90. The highest BCUT2D eigenvalue weighted by atomic mass is 35.5. The Labute approximate surface area is 97.7 Å². The van der Waals surface area contributed by atoms with Crippen molar-refractivity contribution in [1.82, 2.24) is 4.98 Å². The first-order valence-electron chi connectivity index (χ1n) is 4.98. The van der Waals surface area contributed by atoms with Gasteiger partial charge in [0.2, 0.25) is 0 Å². The van der Waals surface area contributed by atoms with Gasteiger partial charge in [-0.05, 0) is 35.0 Å². The third kappa shape index (κ3) is 1.31. The summed E-state index contributed by atoms with van der Waals surface area (Å²) in [5.74, 6) is 0. The Bertz CT molecular complexity index is 692. The first-order valence-corrected chi connectivity index (χ1v) is 5.36. The van der Waals surface area contributed by atoms with E-state index in [1.165, 1.54) is 0 Å². The highest BCUT2D eigenvalue weighted by Gasteiger charge is 2.05. The summed E-state index contributed by atoms with van der Waals surface area (Å²) in [6.45, 7) is 0. The maximum absolute atomic E-state index is 5.97. The van der Waals surface area contributed by atoms with Crippen molar-refractivity contribution in [3.05, 3.63) is 47.6 Å². The molecule has 0 saturated heterocycles. The molecule has 0 bridgehead atoms. The van der Waals surface area contributed by atoms with Gasteiger partial charge in [0.05, 0.1) is 11.2 Å². The van der Waals surface area contributed by atoms with Gasteiger partial charge in [0.1, 0.15) is 0 Å². The van der Waals surface area contributed by atoms with Gasteiger partial charge in [-0.3, -0.25) is 4.98 Å². The van der Waals surface area contributed by atoms with Crippen molar-refractivity contribution >= 4 is 39.0 Å². The summed E-state index contributed by atoms with van der Waals surface area (Å²) in [7, 11) is 0. The number of nitrogen functional groups attached to an aromatic ring is 1. The van der Waals surface area contributed by atoms with Crippen LogP contribution in [0.15, 0.2) is 42.6 Å². The number of halogens is 1. The van der Waals surface area contributed by atoms with Crippen LogP contribution in [0.3, 0.4) is 0 Å². The molecule has 0 atom stereocenters.